The average Bonchev–Trinajstić information content (AvgIpc) is 3.04. The van der Waals surface area contributed by atoms with Crippen LogP contribution in [0.3, 0.4) is 0 Å². The molecule has 4 unspecified atom stereocenters. The summed E-state index contributed by atoms with van der Waals surface area (Å²) in [5, 5.41) is 9.88. The van der Waals surface area contributed by atoms with E-state index in [1.165, 1.54) is 0 Å². The Morgan fingerprint density at radius 1 is 1.50 bits per heavy atom. The van der Waals surface area contributed by atoms with Crippen LogP contribution in [0.5, 0.6) is 0 Å². The van der Waals surface area contributed by atoms with Crippen LogP contribution >= 0.6 is 0 Å². The number of epoxide rings is 1. The minimum Gasteiger partial charge on any atom is -0.456 e. The van der Waals surface area contributed by atoms with Gasteiger partial charge in [-0.1, -0.05) is 6.58 Å². The predicted molar refractivity (Wildman–Crippen MR) is 57.8 cm³/mol. The SMILES string of the molecule is C=C(C)C(=O)OC1CCC(C2CO2)CC1O. The van der Waals surface area contributed by atoms with Crippen LogP contribution in [0.2, 0.25) is 0 Å². The van der Waals surface area contributed by atoms with Crippen molar-refractivity contribution >= 4 is 5.97 Å². The fourth-order valence-corrected chi connectivity index (χ4v) is 2.19. The molecule has 4 atom stereocenters. The van der Waals surface area contributed by atoms with Gasteiger partial charge in [0.1, 0.15) is 6.10 Å². The lowest BCUT2D eigenvalue weighted by Crippen LogP contribution is -2.38. The molecule has 16 heavy (non-hydrogen) atoms. The molecule has 2 fully saturated rings. The molecule has 90 valence electrons. The quantitative estimate of drug-likeness (QED) is 0.443. The van der Waals surface area contributed by atoms with E-state index in [1.807, 2.05) is 0 Å². The molecule has 0 bridgehead atoms. The van der Waals surface area contributed by atoms with Gasteiger partial charge in [-0.15, -0.1) is 0 Å². The van der Waals surface area contributed by atoms with Gasteiger partial charge in [0.15, 0.2) is 0 Å². The van der Waals surface area contributed by atoms with Crippen LogP contribution in [0.25, 0.3) is 0 Å². The molecule has 1 saturated carbocycles. The Kier molecular flexibility index (Phi) is 3.30. The first kappa shape index (κ1) is 11.6. The fourth-order valence-electron chi connectivity index (χ4n) is 2.19. The summed E-state index contributed by atoms with van der Waals surface area (Å²) in [7, 11) is 0. The van der Waals surface area contributed by atoms with E-state index in [4.69, 9.17) is 9.47 Å². The summed E-state index contributed by atoms with van der Waals surface area (Å²) in [6, 6.07) is 0. The molecule has 0 aromatic carbocycles. The molecule has 2 rings (SSSR count). The first-order valence-corrected chi connectivity index (χ1v) is 5.74. The van der Waals surface area contributed by atoms with Crippen LogP contribution in [0, 0.1) is 5.92 Å². The van der Waals surface area contributed by atoms with E-state index in [1.54, 1.807) is 6.92 Å². The number of carbonyl (C=O) groups excluding carboxylic acids is 1. The zero-order chi connectivity index (χ0) is 11.7. The maximum Gasteiger partial charge on any atom is 0.333 e. The first-order valence-electron chi connectivity index (χ1n) is 5.74. The molecule has 0 aromatic rings. The number of aliphatic hydroxyl groups excluding tert-OH is 1. The Morgan fingerprint density at radius 2 is 2.19 bits per heavy atom. The summed E-state index contributed by atoms with van der Waals surface area (Å²) in [6.45, 7) is 5.95. The second-order valence-electron chi connectivity index (χ2n) is 4.74. The zero-order valence-corrected chi connectivity index (χ0v) is 9.52. The molecule has 2 aliphatic rings. The monoisotopic (exact) mass is 226 g/mol. The Hall–Kier alpha value is -0.870. The lowest BCUT2D eigenvalue weighted by molar-refractivity contribution is -0.154. The number of hydrogen-bond donors (Lipinski definition) is 1. The van der Waals surface area contributed by atoms with E-state index < -0.39 is 12.1 Å². The van der Waals surface area contributed by atoms with E-state index in [0.29, 0.717) is 30.4 Å². The van der Waals surface area contributed by atoms with Gasteiger partial charge in [-0.2, -0.15) is 0 Å². The van der Waals surface area contributed by atoms with Crippen molar-refractivity contribution in [2.75, 3.05) is 6.61 Å². The van der Waals surface area contributed by atoms with Gasteiger partial charge in [0.25, 0.3) is 0 Å². The highest BCUT2D eigenvalue weighted by molar-refractivity contribution is 5.87. The van der Waals surface area contributed by atoms with E-state index in [9.17, 15) is 9.90 Å². The molecular weight excluding hydrogens is 208 g/mol. The number of hydrogen-bond acceptors (Lipinski definition) is 4. The van der Waals surface area contributed by atoms with Crippen molar-refractivity contribution in [3.63, 3.8) is 0 Å². The van der Waals surface area contributed by atoms with Gasteiger partial charge < -0.3 is 14.6 Å². The van der Waals surface area contributed by atoms with Crippen molar-refractivity contribution < 1.29 is 19.4 Å². The normalized spacial score (nSPS) is 37.9. The molecule has 4 heteroatoms. The number of esters is 1. The third-order valence-electron chi connectivity index (χ3n) is 3.29. The van der Waals surface area contributed by atoms with Crippen LogP contribution < -0.4 is 0 Å². The summed E-state index contributed by atoms with van der Waals surface area (Å²) in [5.74, 6) is 0.0138. The van der Waals surface area contributed by atoms with Crippen molar-refractivity contribution in [1.82, 2.24) is 0 Å². The summed E-state index contributed by atoms with van der Waals surface area (Å²) in [5.41, 5.74) is 0.375. The number of carbonyl (C=O) groups is 1. The number of ether oxygens (including phenoxy) is 2. The molecule has 0 aromatic heterocycles. The van der Waals surface area contributed by atoms with Gasteiger partial charge >= 0.3 is 5.97 Å². The second kappa shape index (κ2) is 4.55. The Bertz CT molecular complexity index is 295. The summed E-state index contributed by atoms with van der Waals surface area (Å²) in [4.78, 5) is 11.3. The molecule has 1 saturated heterocycles. The molecule has 0 amide bonds. The maximum atomic E-state index is 11.3. The highest BCUT2D eigenvalue weighted by Crippen LogP contribution is 2.34. The highest BCUT2D eigenvalue weighted by Gasteiger charge is 2.40. The minimum absolute atomic E-state index is 0.326. The van der Waals surface area contributed by atoms with Gasteiger partial charge in [0.05, 0.1) is 18.8 Å². The van der Waals surface area contributed by atoms with Crippen molar-refractivity contribution in [3.05, 3.63) is 12.2 Å². The molecule has 1 N–H and O–H groups in total. The highest BCUT2D eigenvalue weighted by atomic mass is 16.6. The average molecular weight is 226 g/mol. The van der Waals surface area contributed by atoms with Gasteiger partial charge in [-0.05, 0) is 32.1 Å². The van der Waals surface area contributed by atoms with Crippen LogP contribution in [0.4, 0.5) is 0 Å². The smallest absolute Gasteiger partial charge is 0.333 e. The zero-order valence-electron chi connectivity index (χ0n) is 9.52. The predicted octanol–water partition coefficient (Wildman–Crippen LogP) is 1.03. The maximum absolute atomic E-state index is 11.3. The fraction of sp³-hybridized carbons (Fsp3) is 0.750. The van der Waals surface area contributed by atoms with E-state index in [2.05, 4.69) is 6.58 Å². The van der Waals surface area contributed by atoms with Crippen molar-refractivity contribution in [3.8, 4) is 0 Å². The summed E-state index contributed by atoms with van der Waals surface area (Å²) < 4.78 is 10.4. The summed E-state index contributed by atoms with van der Waals surface area (Å²) >= 11 is 0. The topological polar surface area (TPSA) is 59.1 Å². The molecule has 0 spiro atoms. The lowest BCUT2D eigenvalue weighted by Gasteiger charge is -2.32. The first-order chi connectivity index (χ1) is 7.58. The second-order valence-corrected chi connectivity index (χ2v) is 4.74. The molecule has 4 nitrogen and oxygen atoms in total. The largest absolute Gasteiger partial charge is 0.456 e. The van der Waals surface area contributed by atoms with Crippen molar-refractivity contribution in [2.45, 2.75) is 44.5 Å². The van der Waals surface area contributed by atoms with Gasteiger partial charge in [-0.3, -0.25) is 0 Å². The number of aliphatic hydroxyl groups is 1. The Labute approximate surface area is 95.2 Å². The lowest BCUT2D eigenvalue weighted by atomic mass is 9.83. The van der Waals surface area contributed by atoms with E-state index >= 15 is 0 Å². The van der Waals surface area contributed by atoms with E-state index in [0.717, 1.165) is 13.0 Å². The van der Waals surface area contributed by atoms with Gasteiger partial charge in [0.2, 0.25) is 0 Å². The van der Waals surface area contributed by atoms with Crippen LogP contribution in [-0.2, 0) is 14.3 Å². The molecule has 1 aliphatic heterocycles. The third kappa shape index (κ3) is 2.62. The molecular formula is C12H18O4. The number of rotatable bonds is 3. The van der Waals surface area contributed by atoms with Crippen molar-refractivity contribution in [1.29, 1.82) is 0 Å². The standard InChI is InChI=1S/C12H18O4/c1-7(2)12(14)16-10-4-3-8(5-9(10)13)11-6-15-11/h8-11,13H,1,3-6H2,2H3. The molecule has 1 heterocycles. The van der Waals surface area contributed by atoms with Gasteiger partial charge in [0, 0.05) is 5.57 Å². The summed E-state index contributed by atoms with van der Waals surface area (Å²) in [6.07, 6.45) is 1.72. The molecule has 0 radical (unpaired) electrons. The minimum atomic E-state index is -0.564. The Balaban J connectivity index is 1.83. The van der Waals surface area contributed by atoms with E-state index in [-0.39, 0.29) is 6.10 Å². The van der Waals surface area contributed by atoms with Gasteiger partial charge in [-0.25, -0.2) is 4.79 Å². The third-order valence-corrected chi connectivity index (χ3v) is 3.29. The molecule has 1 aliphatic carbocycles. The van der Waals surface area contributed by atoms with Crippen molar-refractivity contribution in [2.24, 2.45) is 5.92 Å². The van der Waals surface area contributed by atoms with Crippen LogP contribution in [0.15, 0.2) is 12.2 Å². The Morgan fingerprint density at radius 3 is 2.69 bits per heavy atom. The van der Waals surface area contributed by atoms with Crippen LogP contribution in [0.1, 0.15) is 26.2 Å². The van der Waals surface area contributed by atoms with Crippen LogP contribution in [-0.4, -0.2) is 36.0 Å².